The zero-order chi connectivity index (χ0) is 10.8. The van der Waals surface area contributed by atoms with Gasteiger partial charge in [0.1, 0.15) is 0 Å². The number of carbonyl (C=O) groups is 1. The molecule has 0 aliphatic carbocycles. The van der Waals surface area contributed by atoms with Crippen molar-refractivity contribution in [1.29, 1.82) is 0 Å². The average Bonchev–Trinajstić information content (AvgIpc) is 2.83. The molecule has 1 aromatic heterocycles. The summed E-state index contributed by atoms with van der Waals surface area (Å²) in [5, 5.41) is 0. The van der Waals surface area contributed by atoms with E-state index >= 15 is 0 Å². The Balaban J connectivity index is 2.23. The molecule has 0 N–H and O–H groups in total. The lowest BCUT2D eigenvalue weighted by Gasteiger charge is -2.27. The van der Waals surface area contributed by atoms with Crippen molar-refractivity contribution < 1.29 is 9.21 Å². The Morgan fingerprint density at radius 3 is 2.93 bits per heavy atom. The van der Waals surface area contributed by atoms with Crippen LogP contribution in [0, 0.1) is 0 Å². The monoisotopic (exact) mass is 207 g/mol. The minimum atomic E-state index is 0.416. The Bertz CT molecular complexity index is 345. The number of hydrogen-bond acceptors (Lipinski definition) is 3. The summed E-state index contributed by atoms with van der Waals surface area (Å²) in [7, 11) is 0. The molecule has 1 fully saturated rings. The molecule has 2 atom stereocenters. The van der Waals surface area contributed by atoms with E-state index in [9.17, 15) is 4.79 Å². The maximum atomic E-state index is 10.6. The van der Waals surface area contributed by atoms with E-state index < -0.39 is 0 Å². The van der Waals surface area contributed by atoms with E-state index in [1.165, 1.54) is 12.8 Å². The SMILES string of the molecule is CCC1CCC(C)N1c1ccc(C=O)o1. The van der Waals surface area contributed by atoms with Gasteiger partial charge in [-0.3, -0.25) is 4.79 Å². The number of anilines is 1. The Kier molecular flexibility index (Phi) is 2.80. The Labute approximate surface area is 90.1 Å². The molecule has 0 bridgehead atoms. The first-order valence-corrected chi connectivity index (χ1v) is 5.59. The number of hydrogen-bond donors (Lipinski definition) is 0. The van der Waals surface area contributed by atoms with Gasteiger partial charge < -0.3 is 9.32 Å². The van der Waals surface area contributed by atoms with Gasteiger partial charge in [0.05, 0.1) is 0 Å². The van der Waals surface area contributed by atoms with E-state index in [1.54, 1.807) is 6.07 Å². The van der Waals surface area contributed by atoms with Crippen LogP contribution in [0.4, 0.5) is 5.88 Å². The van der Waals surface area contributed by atoms with E-state index in [1.807, 2.05) is 6.07 Å². The van der Waals surface area contributed by atoms with Crippen LogP contribution in [0.25, 0.3) is 0 Å². The van der Waals surface area contributed by atoms with E-state index in [0.717, 1.165) is 18.6 Å². The first-order valence-electron chi connectivity index (χ1n) is 5.59. The highest BCUT2D eigenvalue weighted by atomic mass is 16.4. The second kappa shape index (κ2) is 4.09. The summed E-state index contributed by atoms with van der Waals surface area (Å²) >= 11 is 0. The van der Waals surface area contributed by atoms with Crippen molar-refractivity contribution in [2.75, 3.05) is 4.90 Å². The molecule has 15 heavy (non-hydrogen) atoms. The Morgan fingerprint density at radius 1 is 1.53 bits per heavy atom. The van der Waals surface area contributed by atoms with E-state index in [4.69, 9.17) is 4.42 Å². The van der Waals surface area contributed by atoms with E-state index in [0.29, 0.717) is 17.8 Å². The fourth-order valence-electron chi connectivity index (χ4n) is 2.41. The van der Waals surface area contributed by atoms with Gasteiger partial charge in [0.2, 0.25) is 0 Å². The van der Waals surface area contributed by atoms with Crippen LogP contribution in [-0.4, -0.2) is 18.4 Å². The molecule has 0 saturated carbocycles. The molecular formula is C12H17NO2. The van der Waals surface area contributed by atoms with Gasteiger partial charge in [0.25, 0.3) is 0 Å². The molecule has 3 heteroatoms. The number of aldehydes is 1. The van der Waals surface area contributed by atoms with Crippen LogP contribution in [0.1, 0.15) is 43.7 Å². The Hall–Kier alpha value is -1.25. The number of furan rings is 1. The van der Waals surface area contributed by atoms with Crippen molar-refractivity contribution in [3.05, 3.63) is 17.9 Å². The molecule has 1 aliphatic rings. The lowest BCUT2D eigenvalue weighted by Crippen LogP contribution is -2.33. The molecule has 0 spiro atoms. The van der Waals surface area contributed by atoms with Gasteiger partial charge in [-0.15, -0.1) is 0 Å². The van der Waals surface area contributed by atoms with Crippen molar-refractivity contribution >= 4 is 12.2 Å². The van der Waals surface area contributed by atoms with Crippen molar-refractivity contribution in [3.8, 4) is 0 Å². The summed E-state index contributed by atoms with van der Waals surface area (Å²) in [5.74, 6) is 1.26. The highest BCUT2D eigenvalue weighted by molar-refractivity contribution is 5.71. The van der Waals surface area contributed by atoms with Crippen LogP contribution >= 0.6 is 0 Å². The largest absolute Gasteiger partial charge is 0.438 e. The third-order valence-electron chi connectivity index (χ3n) is 3.24. The molecule has 2 rings (SSSR count). The summed E-state index contributed by atoms with van der Waals surface area (Å²) in [4.78, 5) is 12.9. The van der Waals surface area contributed by atoms with E-state index in [-0.39, 0.29) is 0 Å². The van der Waals surface area contributed by atoms with Crippen molar-refractivity contribution in [2.45, 2.75) is 45.2 Å². The summed E-state index contributed by atoms with van der Waals surface area (Å²) in [6.07, 6.45) is 4.30. The highest BCUT2D eigenvalue weighted by Gasteiger charge is 2.31. The average molecular weight is 207 g/mol. The maximum absolute atomic E-state index is 10.6. The lowest BCUT2D eigenvalue weighted by atomic mass is 10.2. The van der Waals surface area contributed by atoms with Gasteiger partial charge in [-0.2, -0.15) is 0 Å². The number of nitrogens with zero attached hydrogens (tertiary/aromatic N) is 1. The van der Waals surface area contributed by atoms with Gasteiger partial charge >= 0.3 is 0 Å². The lowest BCUT2D eigenvalue weighted by molar-refractivity contribution is 0.110. The van der Waals surface area contributed by atoms with Gasteiger partial charge in [-0.1, -0.05) is 6.92 Å². The number of carbonyl (C=O) groups excluding carboxylic acids is 1. The van der Waals surface area contributed by atoms with E-state index in [2.05, 4.69) is 18.7 Å². The zero-order valence-corrected chi connectivity index (χ0v) is 9.27. The second-order valence-corrected chi connectivity index (χ2v) is 4.19. The predicted octanol–water partition coefficient (Wildman–Crippen LogP) is 2.86. The molecule has 1 saturated heterocycles. The van der Waals surface area contributed by atoms with Crippen LogP contribution in [-0.2, 0) is 0 Å². The third kappa shape index (κ3) is 1.78. The fourth-order valence-corrected chi connectivity index (χ4v) is 2.41. The molecule has 2 heterocycles. The smallest absolute Gasteiger partial charge is 0.196 e. The standard InChI is InChI=1S/C12H17NO2/c1-3-10-5-4-9(2)13(10)12-7-6-11(8-14)15-12/h6-10H,3-5H2,1-2H3. The highest BCUT2D eigenvalue weighted by Crippen LogP contribution is 2.32. The topological polar surface area (TPSA) is 33.5 Å². The van der Waals surface area contributed by atoms with Crippen molar-refractivity contribution in [3.63, 3.8) is 0 Å². The normalized spacial score (nSPS) is 25.9. The summed E-state index contributed by atoms with van der Waals surface area (Å²) in [6.45, 7) is 4.40. The van der Waals surface area contributed by atoms with Crippen LogP contribution in [0.3, 0.4) is 0 Å². The van der Waals surface area contributed by atoms with Gasteiger partial charge in [0.15, 0.2) is 17.9 Å². The molecule has 2 unspecified atom stereocenters. The zero-order valence-electron chi connectivity index (χ0n) is 9.27. The van der Waals surface area contributed by atoms with Gasteiger partial charge in [-0.25, -0.2) is 0 Å². The minimum absolute atomic E-state index is 0.416. The van der Waals surface area contributed by atoms with Crippen LogP contribution < -0.4 is 4.90 Å². The van der Waals surface area contributed by atoms with Crippen LogP contribution in [0.2, 0.25) is 0 Å². The molecule has 82 valence electrons. The maximum Gasteiger partial charge on any atom is 0.196 e. The number of rotatable bonds is 3. The van der Waals surface area contributed by atoms with Crippen LogP contribution in [0.5, 0.6) is 0 Å². The first kappa shape index (κ1) is 10.3. The Morgan fingerprint density at radius 2 is 2.33 bits per heavy atom. The molecular weight excluding hydrogens is 190 g/mol. The predicted molar refractivity (Wildman–Crippen MR) is 59.3 cm³/mol. The summed E-state index contributed by atoms with van der Waals surface area (Å²) in [6, 6.07) is 4.71. The molecule has 0 aromatic carbocycles. The molecule has 0 amide bonds. The molecule has 1 aliphatic heterocycles. The van der Waals surface area contributed by atoms with Gasteiger partial charge in [0, 0.05) is 18.2 Å². The van der Waals surface area contributed by atoms with Crippen molar-refractivity contribution in [2.24, 2.45) is 0 Å². The molecule has 3 nitrogen and oxygen atoms in total. The molecule has 0 radical (unpaired) electrons. The summed E-state index contributed by atoms with van der Waals surface area (Å²) < 4.78 is 5.48. The third-order valence-corrected chi connectivity index (χ3v) is 3.24. The molecule has 1 aromatic rings. The minimum Gasteiger partial charge on any atom is -0.438 e. The summed E-state index contributed by atoms with van der Waals surface area (Å²) in [5.41, 5.74) is 0. The van der Waals surface area contributed by atoms with Gasteiger partial charge in [-0.05, 0) is 32.3 Å². The fraction of sp³-hybridized carbons (Fsp3) is 0.583. The van der Waals surface area contributed by atoms with Crippen LogP contribution in [0.15, 0.2) is 16.5 Å². The van der Waals surface area contributed by atoms with Crippen molar-refractivity contribution in [1.82, 2.24) is 0 Å². The quantitative estimate of drug-likeness (QED) is 0.714. The second-order valence-electron chi connectivity index (χ2n) is 4.19. The first-order chi connectivity index (χ1) is 7.26.